The number of rotatable bonds is 3. The average Bonchev–Trinajstić information content (AvgIpc) is 3.09. The highest BCUT2D eigenvalue weighted by Gasteiger charge is 2.28. The molecule has 2 aromatic rings. The minimum Gasteiger partial charge on any atom is -0.454 e. The van der Waals surface area contributed by atoms with Crippen molar-refractivity contribution in [1.82, 2.24) is 4.90 Å². The van der Waals surface area contributed by atoms with Crippen molar-refractivity contribution in [2.45, 2.75) is 19.4 Å². The van der Waals surface area contributed by atoms with Gasteiger partial charge in [-0.1, -0.05) is 24.3 Å². The van der Waals surface area contributed by atoms with Crippen LogP contribution in [0.5, 0.6) is 11.5 Å². The van der Waals surface area contributed by atoms with Crippen LogP contribution in [-0.2, 0) is 9.59 Å². The highest BCUT2D eigenvalue weighted by Crippen LogP contribution is 2.35. The number of carbonyl (C=O) groups excluding carboxylic acids is 2. The van der Waals surface area contributed by atoms with Crippen molar-refractivity contribution >= 4 is 23.6 Å². The van der Waals surface area contributed by atoms with Crippen molar-refractivity contribution in [3.63, 3.8) is 0 Å². The van der Waals surface area contributed by atoms with Crippen LogP contribution in [0.1, 0.15) is 30.5 Å². The first-order chi connectivity index (χ1) is 12.6. The van der Waals surface area contributed by atoms with E-state index < -0.39 is 0 Å². The second kappa shape index (κ2) is 6.55. The smallest absolute Gasteiger partial charge is 0.231 e. The number of hydrogen-bond acceptors (Lipinski definition) is 4. The molecule has 6 nitrogen and oxygen atoms in total. The Morgan fingerprint density at radius 3 is 2.81 bits per heavy atom. The zero-order valence-corrected chi connectivity index (χ0v) is 14.3. The molecule has 0 radical (unpaired) electrons. The Hall–Kier alpha value is -3.28. The summed E-state index contributed by atoms with van der Waals surface area (Å²) in [6.07, 6.45) is 3.79. The molecule has 1 atom stereocenters. The Kier molecular flexibility index (Phi) is 4.08. The number of fused-ring (bicyclic) bond motifs is 2. The van der Waals surface area contributed by atoms with Gasteiger partial charge in [-0.3, -0.25) is 9.59 Å². The van der Waals surface area contributed by atoms with E-state index in [0.717, 1.165) is 11.1 Å². The minimum absolute atomic E-state index is 0.100. The summed E-state index contributed by atoms with van der Waals surface area (Å²) >= 11 is 0. The van der Waals surface area contributed by atoms with Crippen LogP contribution in [0, 0.1) is 0 Å². The third kappa shape index (κ3) is 3.01. The van der Waals surface area contributed by atoms with Gasteiger partial charge in [0, 0.05) is 24.9 Å². The Balaban J connectivity index is 1.53. The maximum absolute atomic E-state index is 12.6. The van der Waals surface area contributed by atoms with E-state index >= 15 is 0 Å². The molecule has 0 aromatic heterocycles. The van der Waals surface area contributed by atoms with Crippen LogP contribution >= 0.6 is 0 Å². The molecule has 0 spiro atoms. The summed E-state index contributed by atoms with van der Waals surface area (Å²) in [5.41, 5.74) is 2.62. The van der Waals surface area contributed by atoms with Crippen LogP contribution in [-0.4, -0.2) is 23.5 Å². The third-order valence-electron chi connectivity index (χ3n) is 4.50. The summed E-state index contributed by atoms with van der Waals surface area (Å²) in [5, 5.41) is 2.87. The third-order valence-corrected chi connectivity index (χ3v) is 4.50. The molecular formula is C20H18N2O4. The highest BCUT2D eigenvalue weighted by atomic mass is 16.7. The van der Waals surface area contributed by atoms with Crippen molar-refractivity contribution in [2.24, 2.45) is 0 Å². The van der Waals surface area contributed by atoms with E-state index in [0.29, 0.717) is 17.2 Å². The first-order valence-electron chi connectivity index (χ1n) is 8.37. The summed E-state index contributed by atoms with van der Waals surface area (Å²) < 4.78 is 10.6. The first kappa shape index (κ1) is 16.2. The number of anilines is 1. The normalized spacial score (nSPS) is 17.0. The number of nitrogens with zero attached hydrogens (tertiary/aromatic N) is 1. The van der Waals surface area contributed by atoms with Crippen molar-refractivity contribution in [3.8, 4) is 11.5 Å². The molecule has 0 aliphatic carbocycles. The van der Waals surface area contributed by atoms with Gasteiger partial charge in [0.1, 0.15) is 0 Å². The highest BCUT2D eigenvalue weighted by molar-refractivity contribution is 5.92. The maximum Gasteiger partial charge on any atom is 0.231 e. The number of ether oxygens (including phenoxy) is 2. The van der Waals surface area contributed by atoms with Crippen molar-refractivity contribution in [1.29, 1.82) is 0 Å². The lowest BCUT2D eigenvalue weighted by Gasteiger charge is -2.32. The van der Waals surface area contributed by atoms with Crippen LogP contribution in [0.3, 0.4) is 0 Å². The largest absolute Gasteiger partial charge is 0.454 e. The summed E-state index contributed by atoms with van der Waals surface area (Å²) in [5.74, 6) is 0.998. The molecule has 26 heavy (non-hydrogen) atoms. The molecular weight excluding hydrogens is 332 g/mol. The predicted molar refractivity (Wildman–Crippen MR) is 96.5 cm³/mol. The van der Waals surface area contributed by atoms with E-state index in [2.05, 4.69) is 5.32 Å². The summed E-state index contributed by atoms with van der Waals surface area (Å²) in [7, 11) is 0. The minimum atomic E-state index is -0.331. The average molecular weight is 350 g/mol. The Bertz CT molecular complexity index is 906. The Morgan fingerprint density at radius 2 is 1.96 bits per heavy atom. The first-order valence-corrected chi connectivity index (χ1v) is 8.37. The van der Waals surface area contributed by atoms with Crippen LogP contribution in [0.15, 0.2) is 48.7 Å². The fourth-order valence-corrected chi connectivity index (χ4v) is 3.28. The molecule has 2 amide bonds. The number of carbonyl (C=O) groups is 2. The standard InChI is InChI=1S/C20H18N2O4/c1-13(23)22-9-8-14-4-2-3-5-16(14)17(22)11-20(24)21-15-6-7-18-19(10-15)26-12-25-18/h2-10,17H,11-12H2,1H3,(H,21,24)/t17-/m0/s1. The maximum atomic E-state index is 12.6. The van der Waals surface area contributed by atoms with Crippen LogP contribution in [0.2, 0.25) is 0 Å². The Labute approximate surface area is 151 Å². The van der Waals surface area contributed by atoms with E-state index in [1.165, 1.54) is 6.92 Å². The lowest BCUT2D eigenvalue weighted by Crippen LogP contribution is -2.33. The van der Waals surface area contributed by atoms with Crippen molar-refractivity contribution in [2.75, 3.05) is 12.1 Å². The monoisotopic (exact) mass is 350 g/mol. The molecule has 132 valence electrons. The van der Waals surface area contributed by atoms with Gasteiger partial charge in [0.15, 0.2) is 11.5 Å². The van der Waals surface area contributed by atoms with E-state index in [4.69, 9.17) is 9.47 Å². The van der Waals surface area contributed by atoms with Crippen molar-refractivity contribution < 1.29 is 19.1 Å². The van der Waals surface area contributed by atoms with Gasteiger partial charge in [-0.25, -0.2) is 0 Å². The molecule has 0 fully saturated rings. The van der Waals surface area contributed by atoms with Gasteiger partial charge in [-0.05, 0) is 29.3 Å². The van der Waals surface area contributed by atoms with Crippen LogP contribution in [0.4, 0.5) is 5.69 Å². The SMILES string of the molecule is CC(=O)N1C=Cc2ccccc2[C@@H]1CC(=O)Nc1ccc2c(c1)OCO2. The summed E-state index contributed by atoms with van der Waals surface area (Å²) in [4.78, 5) is 26.2. The second-order valence-electron chi connectivity index (χ2n) is 6.21. The number of nitrogens with one attached hydrogen (secondary N) is 1. The molecule has 2 heterocycles. The molecule has 0 unspecified atom stereocenters. The molecule has 4 rings (SSSR count). The van der Waals surface area contributed by atoms with Crippen molar-refractivity contribution in [3.05, 3.63) is 59.8 Å². The molecule has 0 saturated carbocycles. The number of hydrogen-bond donors (Lipinski definition) is 1. The lowest BCUT2D eigenvalue weighted by atomic mass is 9.93. The summed E-state index contributed by atoms with van der Waals surface area (Å²) in [6.45, 7) is 1.69. The quantitative estimate of drug-likeness (QED) is 0.922. The van der Waals surface area contributed by atoms with E-state index in [1.807, 2.05) is 30.3 Å². The van der Waals surface area contributed by atoms with E-state index in [-0.39, 0.29) is 31.1 Å². The molecule has 0 bridgehead atoms. The topological polar surface area (TPSA) is 67.9 Å². The molecule has 2 aromatic carbocycles. The zero-order chi connectivity index (χ0) is 18.1. The summed E-state index contributed by atoms with van der Waals surface area (Å²) in [6, 6.07) is 12.7. The number of amides is 2. The number of benzene rings is 2. The fourth-order valence-electron chi connectivity index (χ4n) is 3.28. The molecule has 2 aliphatic rings. The van der Waals surface area contributed by atoms with Gasteiger partial charge in [-0.15, -0.1) is 0 Å². The fraction of sp³-hybridized carbons (Fsp3) is 0.200. The molecule has 6 heteroatoms. The van der Waals surface area contributed by atoms with Crippen LogP contribution < -0.4 is 14.8 Å². The lowest BCUT2D eigenvalue weighted by molar-refractivity contribution is -0.129. The zero-order valence-electron chi connectivity index (χ0n) is 14.3. The molecule has 1 N–H and O–H groups in total. The predicted octanol–water partition coefficient (Wildman–Crippen LogP) is 3.32. The van der Waals surface area contributed by atoms with Gasteiger partial charge >= 0.3 is 0 Å². The van der Waals surface area contributed by atoms with E-state index in [9.17, 15) is 9.59 Å². The van der Waals surface area contributed by atoms with Gasteiger partial charge in [0.25, 0.3) is 0 Å². The van der Waals surface area contributed by atoms with Crippen LogP contribution in [0.25, 0.3) is 6.08 Å². The van der Waals surface area contributed by atoms with Gasteiger partial charge in [0.05, 0.1) is 12.5 Å². The van der Waals surface area contributed by atoms with Gasteiger partial charge in [0.2, 0.25) is 18.6 Å². The molecule has 2 aliphatic heterocycles. The second-order valence-corrected chi connectivity index (χ2v) is 6.21. The molecule has 0 saturated heterocycles. The van der Waals surface area contributed by atoms with Gasteiger partial charge < -0.3 is 19.7 Å². The van der Waals surface area contributed by atoms with E-state index in [1.54, 1.807) is 29.3 Å². The Morgan fingerprint density at radius 1 is 1.15 bits per heavy atom. The van der Waals surface area contributed by atoms with Gasteiger partial charge in [-0.2, -0.15) is 0 Å².